The average molecular weight is 168 g/mol. The second-order valence-corrected chi connectivity index (χ2v) is 1.97. The fourth-order valence-electron chi connectivity index (χ4n) is 0.654. The first-order valence-electron chi connectivity index (χ1n) is 3.14. The van der Waals surface area contributed by atoms with Crippen molar-refractivity contribution in [3.63, 3.8) is 0 Å². The molecule has 0 unspecified atom stereocenters. The Morgan fingerprint density at radius 3 is 3.08 bits per heavy atom. The Balaban J connectivity index is 2.72. The second-order valence-electron chi connectivity index (χ2n) is 1.97. The maximum atomic E-state index is 11.2. The monoisotopic (exact) mass is 168 g/mol. The number of rotatable bonds is 2. The van der Waals surface area contributed by atoms with Gasteiger partial charge in [0.25, 0.3) is 0 Å². The summed E-state index contributed by atoms with van der Waals surface area (Å²) in [6.07, 6.45) is 3.02. The van der Waals surface area contributed by atoms with Crippen molar-refractivity contribution in [3.05, 3.63) is 18.2 Å². The fraction of sp³-hybridized carbons (Fsp3) is 0.200. The highest BCUT2D eigenvalue weighted by Gasteiger charge is 2.12. The van der Waals surface area contributed by atoms with Gasteiger partial charge in [-0.3, -0.25) is 4.79 Å². The third-order valence-corrected chi connectivity index (χ3v) is 1.18. The van der Waals surface area contributed by atoms with E-state index in [0.717, 1.165) is 5.01 Å². The Kier molecular flexibility index (Phi) is 2.36. The molecule has 3 N–H and O–H groups in total. The summed E-state index contributed by atoms with van der Waals surface area (Å²) in [6, 6.07) is 0. The van der Waals surface area contributed by atoms with E-state index < -0.39 is 5.91 Å². The summed E-state index contributed by atoms with van der Waals surface area (Å²) in [6.45, 7) is 0. The minimum atomic E-state index is -0.394. The first-order valence-corrected chi connectivity index (χ1v) is 3.14. The number of imidazole rings is 1. The molecule has 1 heterocycles. The Hall–Kier alpha value is -1.92. The number of H-pyrrole nitrogens is 1. The van der Waals surface area contributed by atoms with Gasteiger partial charge in [-0.1, -0.05) is 5.22 Å². The van der Waals surface area contributed by atoms with Crippen LogP contribution in [-0.4, -0.2) is 27.9 Å². The van der Waals surface area contributed by atoms with Crippen LogP contribution < -0.4 is 5.84 Å². The predicted molar refractivity (Wildman–Crippen MR) is 39.7 cm³/mol. The summed E-state index contributed by atoms with van der Waals surface area (Å²) >= 11 is 0. The normalized spacial score (nSPS) is 10.4. The van der Waals surface area contributed by atoms with E-state index in [1.807, 2.05) is 0 Å². The molecule has 0 bridgehead atoms. The van der Waals surface area contributed by atoms with Gasteiger partial charge in [0.05, 0.1) is 0 Å². The fourth-order valence-corrected chi connectivity index (χ4v) is 0.654. The maximum Gasteiger partial charge on any atom is 0.310 e. The van der Waals surface area contributed by atoms with Crippen LogP contribution >= 0.6 is 0 Å². The molecule has 1 aromatic heterocycles. The van der Waals surface area contributed by atoms with Crippen LogP contribution in [0, 0.1) is 0 Å². The SMILES string of the molecule is CN(N=NN)C(=O)c1ncc[nH]1. The number of aromatic amines is 1. The van der Waals surface area contributed by atoms with Gasteiger partial charge >= 0.3 is 5.91 Å². The molecule has 0 saturated carbocycles. The van der Waals surface area contributed by atoms with Gasteiger partial charge in [0.2, 0.25) is 0 Å². The number of nitrogens with two attached hydrogens (primary N) is 1. The summed E-state index contributed by atoms with van der Waals surface area (Å²) in [5.74, 6) is 4.56. The molecule has 0 aliphatic carbocycles. The number of carbonyl (C=O) groups excluding carboxylic acids is 1. The first kappa shape index (κ1) is 8.18. The molecule has 0 atom stereocenters. The number of hydrogen-bond donors (Lipinski definition) is 2. The van der Waals surface area contributed by atoms with Gasteiger partial charge < -0.3 is 10.8 Å². The molecule has 1 amide bonds. The standard InChI is InChI=1S/C5H8N6O/c1-11(10-9-6)5(12)4-7-2-3-8-4/h2-3H,1H3,(H2,6,10)(H,7,8). The van der Waals surface area contributed by atoms with Crippen LogP contribution in [0.5, 0.6) is 0 Å². The number of hydrogen-bond acceptors (Lipinski definition) is 4. The molecule has 0 spiro atoms. The van der Waals surface area contributed by atoms with Crippen molar-refractivity contribution >= 4 is 5.91 Å². The lowest BCUT2D eigenvalue weighted by Crippen LogP contribution is -2.22. The van der Waals surface area contributed by atoms with Crippen molar-refractivity contribution in [1.82, 2.24) is 15.0 Å². The van der Waals surface area contributed by atoms with E-state index in [2.05, 4.69) is 20.4 Å². The Morgan fingerprint density at radius 2 is 2.58 bits per heavy atom. The number of nitrogens with zero attached hydrogens (tertiary/aromatic N) is 4. The van der Waals surface area contributed by atoms with Crippen molar-refractivity contribution in [2.45, 2.75) is 0 Å². The van der Waals surface area contributed by atoms with Gasteiger partial charge in [-0.15, -0.1) is 0 Å². The molecule has 1 aromatic rings. The Bertz CT molecular complexity index is 278. The minimum absolute atomic E-state index is 0.199. The highest BCUT2D eigenvalue weighted by molar-refractivity contribution is 5.89. The second kappa shape index (κ2) is 3.46. The summed E-state index contributed by atoms with van der Waals surface area (Å²) < 4.78 is 0. The Morgan fingerprint density at radius 1 is 1.83 bits per heavy atom. The van der Waals surface area contributed by atoms with Crippen LogP contribution in [0.15, 0.2) is 22.8 Å². The van der Waals surface area contributed by atoms with E-state index in [0.29, 0.717) is 0 Å². The topological polar surface area (TPSA) is 99.7 Å². The summed E-state index contributed by atoms with van der Waals surface area (Å²) in [5, 5.41) is 7.25. The van der Waals surface area contributed by atoms with Gasteiger partial charge in [-0.2, -0.15) is 0 Å². The number of aromatic nitrogens is 2. The lowest BCUT2D eigenvalue weighted by Gasteiger charge is -2.04. The molecular weight excluding hydrogens is 160 g/mol. The molecule has 64 valence electrons. The molecule has 0 aliphatic heterocycles. The molecule has 1 rings (SSSR count). The molecule has 7 heteroatoms. The molecule has 0 saturated heterocycles. The zero-order valence-electron chi connectivity index (χ0n) is 6.43. The van der Waals surface area contributed by atoms with Crippen molar-refractivity contribution < 1.29 is 4.79 Å². The van der Waals surface area contributed by atoms with Gasteiger partial charge in [-0.05, 0) is 5.22 Å². The molecule has 0 radical (unpaired) electrons. The molecule has 12 heavy (non-hydrogen) atoms. The summed E-state index contributed by atoms with van der Waals surface area (Å²) in [7, 11) is 1.43. The Labute approximate surface area is 68.2 Å². The van der Waals surface area contributed by atoms with E-state index >= 15 is 0 Å². The smallest absolute Gasteiger partial charge is 0.310 e. The zero-order chi connectivity index (χ0) is 8.97. The van der Waals surface area contributed by atoms with Crippen LogP contribution in [0.1, 0.15) is 10.6 Å². The van der Waals surface area contributed by atoms with Gasteiger partial charge in [-0.25, -0.2) is 9.99 Å². The van der Waals surface area contributed by atoms with Gasteiger partial charge in [0.15, 0.2) is 5.82 Å². The molecule has 0 aliphatic rings. The zero-order valence-corrected chi connectivity index (χ0v) is 6.43. The molecule has 0 fully saturated rings. The van der Waals surface area contributed by atoms with E-state index in [9.17, 15) is 4.79 Å². The lowest BCUT2D eigenvalue weighted by atomic mass is 10.6. The quantitative estimate of drug-likeness (QED) is 0.361. The van der Waals surface area contributed by atoms with E-state index in [1.54, 1.807) is 6.20 Å². The van der Waals surface area contributed by atoms with Crippen LogP contribution in [0.3, 0.4) is 0 Å². The van der Waals surface area contributed by atoms with Crippen LogP contribution in [-0.2, 0) is 0 Å². The van der Waals surface area contributed by atoms with E-state index in [-0.39, 0.29) is 5.82 Å². The third-order valence-electron chi connectivity index (χ3n) is 1.18. The molecular formula is C5H8N6O. The lowest BCUT2D eigenvalue weighted by molar-refractivity contribution is 0.0775. The van der Waals surface area contributed by atoms with E-state index in [1.165, 1.54) is 13.2 Å². The largest absolute Gasteiger partial charge is 0.340 e. The maximum absolute atomic E-state index is 11.2. The van der Waals surface area contributed by atoms with Crippen molar-refractivity contribution in [3.8, 4) is 0 Å². The van der Waals surface area contributed by atoms with Crippen molar-refractivity contribution in [2.24, 2.45) is 16.3 Å². The van der Waals surface area contributed by atoms with Gasteiger partial charge in [0.1, 0.15) is 0 Å². The summed E-state index contributed by atoms with van der Waals surface area (Å²) in [4.78, 5) is 17.6. The third kappa shape index (κ3) is 1.57. The average Bonchev–Trinajstić information content (AvgIpc) is 2.55. The first-order chi connectivity index (χ1) is 5.75. The summed E-state index contributed by atoms with van der Waals surface area (Å²) in [5.41, 5.74) is 0. The highest BCUT2D eigenvalue weighted by atomic mass is 16.2. The van der Waals surface area contributed by atoms with Crippen LogP contribution in [0.4, 0.5) is 0 Å². The highest BCUT2D eigenvalue weighted by Crippen LogP contribution is 1.95. The number of carbonyl (C=O) groups is 1. The molecule has 7 nitrogen and oxygen atoms in total. The van der Waals surface area contributed by atoms with E-state index in [4.69, 9.17) is 5.84 Å². The number of amides is 1. The minimum Gasteiger partial charge on any atom is -0.340 e. The van der Waals surface area contributed by atoms with Crippen molar-refractivity contribution in [1.29, 1.82) is 0 Å². The van der Waals surface area contributed by atoms with Crippen molar-refractivity contribution in [2.75, 3.05) is 7.05 Å². The molecule has 0 aromatic carbocycles. The van der Waals surface area contributed by atoms with Crippen LogP contribution in [0.25, 0.3) is 0 Å². The van der Waals surface area contributed by atoms with Gasteiger partial charge in [0, 0.05) is 19.4 Å². The number of nitrogens with one attached hydrogen (secondary N) is 1. The van der Waals surface area contributed by atoms with Crippen LogP contribution in [0.2, 0.25) is 0 Å². The predicted octanol–water partition coefficient (Wildman–Crippen LogP) is -0.277.